The first kappa shape index (κ1) is 19.6. The third kappa shape index (κ3) is 3.75. The van der Waals surface area contributed by atoms with Gasteiger partial charge in [0, 0.05) is 49.1 Å². The molecule has 4 heterocycles. The molecule has 1 aliphatic carbocycles. The van der Waals surface area contributed by atoms with Crippen LogP contribution in [0.1, 0.15) is 31.0 Å². The quantitative estimate of drug-likeness (QED) is 0.601. The van der Waals surface area contributed by atoms with Crippen molar-refractivity contribution in [1.29, 1.82) is 0 Å². The molecule has 0 amide bonds. The molecule has 2 aromatic heterocycles. The van der Waals surface area contributed by atoms with Gasteiger partial charge < -0.3 is 4.90 Å². The summed E-state index contributed by atoms with van der Waals surface area (Å²) in [5, 5.41) is 3.38. The number of anilines is 1. The van der Waals surface area contributed by atoms with Crippen molar-refractivity contribution < 1.29 is 8.42 Å². The maximum absolute atomic E-state index is 11.9. The Labute approximate surface area is 186 Å². The van der Waals surface area contributed by atoms with E-state index < -0.39 is 9.84 Å². The number of rotatable bonds is 4. The van der Waals surface area contributed by atoms with Crippen molar-refractivity contribution in [3.8, 4) is 11.1 Å². The van der Waals surface area contributed by atoms with Gasteiger partial charge in [0.25, 0.3) is 0 Å². The molecule has 1 saturated carbocycles. The van der Waals surface area contributed by atoms with Crippen LogP contribution in [-0.2, 0) is 9.84 Å². The molecule has 3 aliphatic rings. The van der Waals surface area contributed by atoms with E-state index >= 15 is 0 Å². The molecule has 2 saturated heterocycles. The van der Waals surface area contributed by atoms with Crippen LogP contribution in [0.4, 0.5) is 5.82 Å². The lowest BCUT2D eigenvalue weighted by Gasteiger charge is -2.38. The van der Waals surface area contributed by atoms with Gasteiger partial charge in [-0.1, -0.05) is 30.3 Å². The summed E-state index contributed by atoms with van der Waals surface area (Å²) in [5.74, 6) is 3.22. The van der Waals surface area contributed by atoms with Gasteiger partial charge in [0.15, 0.2) is 9.84 Å². The van der Waals surface area contributed by atoms with E-state index in [4.69, 9.17) is 9.97 Å². The maximum Gasteiger partial charge on any atom is 0.151 e. The Bertz CT molecular complexity index is 1210. The third-order valence-corrected chi connectivity index (χ3v) is 9.42. The Morgan fingerprint density at radius 2 is 1.74 bits per heavy atom. The number of nitrogens with zero attached hydrogens (tertiary/aromatic N) is 4. The average Bonchev–Trinajstić information content (AvgIpc) is 3.46. The highest BCUT2D eigenvalue weighted by atomic mass is 32.2. The van der Waals surface area contributed by atoms with E-state index in [1.807, 2.05) is 6.07 Å². The van der Waals surface area contributed by atoms with E-state index in [0.717, 1.165) is 54.5 Å². The van der Waals surface area contributed by atoms with Crippen molar-refractivity contribution in [2.24, 2.45) is 0 Å². The summed E-state index contributed by atoms with van der Waals surface area (Å²) >= 11 is 1.71. The number of hydrogen-bond donors (Lipinski definition) is 0. The van der Waals surface area contributed by atoms with Crippen LogP contribution in [0.3, 0.4) is 0 Å². The minimum atomic E-state index is -2.85. The standard InChI is InChI=1S/C23H26N4O2S2/c28-31(29)13-8-18(15-31)26-9-11-27(12-10-26)22-20-19(16-4-2-1-3-5-16)14-30-23(20)25-21(24-22)17-6-7-17/h1-5,14,17-18H,6-13,15H2. The van der Waals surface area contributed by atoms with Gasteiger partial charge >= 0.3 is 0 Å². The number of hydrogen-bond acceptors (Lipinski definition) is 7. The van der Waals surface area contributed by atoms with Crippen LogP contribution < -0.4 is 4.90 Å². The van der Waals surface area contributed by atoms with Crippen LogP contribution in [0.5, 0.6) is 0 Å². The molecular weight excluding hydrogens is 428 g/mol. The van der Waals surface area contributed by atoms with E-state index in [1.165, 1.54) is 24.0 Å². The van der Waals surface area contributed by atoms with E-state index in [1.54, 1.807) is 11.3 Å². The minimum absolute atomic E-state index is 0.181. The summed E-state index contributed by atoms with van der Waals surface area (Å²) in [7, 11) is -2.85. The molecule has 8 heteroatoms. The van der Waals surface area contributed by atoms with Gasteiger partial charge in [0.05, 0.1) is 16.9 Å². The molecule has 3 aromatic rings. The van der Waals surface area contributed by atoms with Crippen molar-refractivity contribution in [3.05, 3.63) is 41.5 Å². The fourth-order valence-corrected chi connectivity index (χ4v) is 7.60. The second-order valence-electron chi connectivity index (χ2n) is 8.96. The minimum Gasteiger partial charge on any atom is -0.353 e. The molecule has 0 N–H and O–H groups in total. The largest absolute Gasteiger partial charge is 0.353 e. The SMILES string of the molecule is O=S1(=O)CCC(N2CCN(c3nc(C4CC4)nc4scc(-c5ccccc5)c34)CC2)C1. The highest BCUT2D eigenvalue weighted by Crippen LogP contribution is 2.43. The van der Waals surface area contributed by atoms with E-state index in [9.17, 15) is 8.42 Å². The summed E-state index contributed by atoms with van der Waals surface area (Å²) in [6, 6.07) is 10.7. The summed E-state index contributed by atoms with van der Waals surface area (Å²) in [4.78, 5) is 15.9. The number of sulfone groups is 1. The van der Waals surface area contributed by atoms with Gasteiger partial charge in [-0.15, -0.1) is 11.3 Å². The summed E-state index contributed by atoms with van der Waals surface area (Å²) in [6.07, 6.45) is 3.15. The first-order valence-corrected chi connectivity index (χ1v) is 13.8. The lowest BCUT2D eigenvalue weighted by atomic mass is 10.1. The van der Waals surface area contributed by atoms with Crippen molar-refractivity contribution in [1.82, 2.24) is 14.9 Å². The Balaban J connectivity index is 1.33. The molecule has 1 unspecified atom stereocenters. The fraction of sp³-hybridized carbons (Fsp3) is 0.478. The number of benzene rings is 1. The molecule has 0 spiro atoms. The topological polar surface area (TPSA) is 66.4 Å². The molecule has 1 aromatic carbocycles. The fourth-order valence-electron chi connectivity index (χ4n) is 4.88. The smallest absolute Gasteiger partial charge is 0.151 e. The first-order valence-electron chi connectivity index (χ1n) is 11.1. The molecule has 3 fully saturated rings. The average molecular weight is 455 g/mol. The number of aromatic nitrogens is 2. The molecular formula is C23H26N4O2S2. The molecule has 31 heavy (non-hydrogen) atoms. The van der Waals surface area contributed by atoms with Crippen LogP contribution in [0, 0.1) is 0 Å². The van der Waals surface area contributed by atoms with Crippen LogP contribution in [-0.4, -0.2) is 67.0 Å². The predicted octanol–water partition coefficient (Wildman–Crippen LogP) is 3.54. The Morgan fingerprint density at radius 1 is 0.968 bits per heavy atom. The normalized spacial score (nSPS) is 24.1. The molecule has 0 radical (unpaired) electrons. The predicted molar refractivity (Wildman–Crippen MR) is 126 cm³/mol. The Morgan fingerprint density at radius 3 is 2.42 bits per heavy atom. The van der Waals surface area contributed by atoms with Crippen molar-refractivity contribution in [3.63, 3.8) is 0 Å². The van der Waals surface area contributed by atoms with Gasteiger partial charge in [-0.3, -0.25) is 4.90 Å². The van der Waals surface area contributed by atoms with E-state index in [-0.39, 0.29) is 6.04 Å². The summed E-state index contributed by atoms with van der Waals surface area (Å²) < 4.78 is 23.8. The second kappa shape index (κ2) is 7.53. The van der Waals surface area contributed by atoms with Gasteiger partial charge in [0.1, 0.15) is 16.5 Å². The van der Waals surface area contributed by atoms with Gasteiger partial charge in [0.2, 0.25) is 0 Å². The van der Waals surface area contributed by atoms with Gasteiger partial charge in [-0.2, -0.15) is 0 Å². The molecule has 6 rings (SSSR count). The monoisotopic (exact) mass is 454 g/mol. The van der Waals surface area contributed by atoms with Crippen molar-refractivity contribution >= 4 is 37.2 Å². The van der Waals surface area contributed by atoms with E-state index in [0.29, 0.717) is 17.4 Å². The lowest BCUT2D eigenvalue weighted by molar-refractivity contribution is 0.200. The van der Waals surface area contributed by atoms with Gasteiger partial charge in [-0.05, 0) is 24.8 Å². The Hall–Kier alpha value is -2.03. The van der Waals surface area contributed by atoms with Crippen LogP contribution >= 0.6 is 11.3 Å². The lowest BCUT2D eigenvalue weighted by Crippen LogP contribution is -2.51. The highest BCUT2D eigenvalue weighted by molar-refractivity contribution is 7.91. The number of piperazine rings is 1. The molecule has 6 nitrogen and oxygen atoms in total. The van der Waals surface area contributed by atoms with Gasteiger partial charge in [-0.25, -0.2) is 18.4 Å². The van der Waals surface area contributed by atoms with Crippen LogP contribution in [0.15, 0.2) is 35.7 Å². The molecule has 1 atom stereocenters. The maximum atomic E-state index is 11.9. The van der Waals surface area contributed by atoms with Crippen LogP contribution in [0.2, 0.25) is 0 Å². The highest BCUT2D eigenvalue weighted by Gasteiger charge is 2.35. The molecule has 2 aliphatic heterocycles. The third-order valence-electron chi connectivity index (χ3n) is 6.80. The first-order chi connectivity index (χ1) is 15.1. The summed E-state index contributed by atoms with van der Waals surface area (Å²) in [6.45, 7) is 3.51. The van der Waals surface area contributed by atoms with Crippen molar-refractivity contribution in [2.75, 3.05) is 42.6 Å². The van der Waals surface area contributed by atoms with E-state index in [2.05, 4.69) is 39.4 Å². The summed E-state index contributed by atoms with van der Waals surface area (Å²) in [5.41, 5.74) is 2.41. The zero-order chi connectivity index (χ0) is 21.0. The number of thiophene rings is 1. The van der Waals surface area contributed by atoms with Crippen LogP contribution in [0.25, 0.3) is 21.3 Å². The van der Waals surface area contributed by atoms with Crippen molar-refractivity contribution in [2.45, 2.75) is 31.2 Å². The zero-order valence-electron chi connectivity index (χ0n) is 17.4. The second-order valence-corrected chi connectivity index (χ2v) is 12.0. The molecule has 162 valence electrons. The zero-order valence-corrected chi connectivity index (χ0v) is 19.0. The molecule has 0 bridgehead atoms. The Kier molecular flexibility index (Phi) is 4.77. The number of fused-ring (bicyclic) bond motifs is 1.